The minimum Gasteiger partial charge on any atom is -0.392 e. The van der Waals surface area contributed by atoms with Gasteiger partial charge in [0.25, 0.3) is 0 Å². The van der Waals surface area contributed by atoms with Crippen molar-refractivity contribution in [1.29, 1.82) is 0 Å². The summed E-state index contributed by atoms with van der Waals surface area (Å²) in [6.07, 6.45) is 0.714. The first-order valence-electron chi connectivity index (χ1n) is 7.14. The number of aliphatic hydroxyl groups is 1. The van der Waals surface area contributed by atoms with Gasteiger partial charge < -0.3 is 10.4 Å². The molecule has 0 aliphatic heterocycles. The monoisotopic (exact) mass is 283 g/mol. The van der Waals surface area contributed by atoms with Crippen molar-refractivity contribution >= 4 is 11.6 Å². The quantitative estimate of drug-likeness (QED) is 0.884. The molecule has 3 heteroatoms. The van der Waals surface area contributed by atoms with Crippen LogP contribution in [0.5, 0.6) is 0 Å². The van der Waals surface area contributed by atoms with E-state index in [4.69, 9.17) is 5.11 Å². The number of aryl methyl sites for hydroxylation is 1. The molecule has 3 nitrogen and oxygen atoms in total. The Balaban J connectivity index is 1.97. The van der Waals surface area contributed by atoms with Crippen LogP contribution in [-0.2, 0) is 17.8 Å². The summed E-state index contributed by atoms with van der Waals surface area (Å²) >= 11 is 0. The summed E-state index contributed by atoms with van der Waals surface area (Å²) in [6, 6.07) is 15.5. The number of rotatable bonds is 5. The minimum absolute atomic E-state index is 0.00864. The molecule has 0 aromatic heterocycles. The Kier molecular flexibility index (Phi) is 5.12. The van der Waals surface area contributed by atoms with E-state index < -0.39 is 0 Å². The van der Waals surface area contributed by atoms with Crippen LogP contribution in [0.1, 0.15) is 23.6 Å². The molecule has 0 saturated heterocycles. The molecule has 0 aliphatic carbocycles. The molecule has 21 heavy (non-hydrogen) atoms. The third-order valence-corrected chi connectivity index (χ3v) is 3.49. The third kappa shape index (κ3) is 4.43. The molecule has 2 rings (SSSR count). The van der Waals surface area contributed by atoms with E-state index in [0.717, 1.165) is 16.8 Å². The van der Waals surface area contributed by atoms with E-state index in [2.05, 4.69) is 29.6 Å². The number of carbonyl (C=O) groups is 1. The smallest absolute Gasteiger partial charge is 0.227 e. The maximum absolute atomic E-state index is 12.2. The van der Waals surface area contributed by atoms with E-state index in [1.54, 1.807) is 6.07 Å². The number of aliphatic hydroxyl groups excluding tert-OH is 1. The van der Waals surface area contributed by atoms with Crippen molar-refractivity contribution in [2.45, 2.75) is 26.9 Å². The lowest BCUT2D eigenvalue weighted by molar-refractivity contribution is -0.119. The van der Waals surface area contributed by atoms with Crippen molar-refractivity contribution in [2.75, 3.05) is 5.32 Å². The van der Waals surface area contributed by atoms with Gasteiger partial charge in [-0.25, -0.2) is 0 Å². The van der Waals surface area contributed by atoms with E-state index in [1.165, 1.54) is 5.56 Å². The number of hydrogen-bond donors (Lipinski definition) is 2. The lowest BCUT2D eigenvalue weighted by Gasteiger charge is -2.13. The van der Waals surface area contributed by atoms with Crippen molar-refractivity contribution in [2.24, 2.45) is 5.92 Å². The predicted octanol–water partition coefficient (Wildman–Crippen LogP) is 3.30. The number of anilines is 1. The highest BCUT2D eigenvalue weighted by atomic mass is 16.3. The maximum atomic E-state index is 12.2. The highest BCUT2D eigenvalue weighted by Crippen LogP contribution is 2.15. The molecule has 0 saturated carbocycles. The van der Waals surface area contributed by atoms with Crippen LogP contribution in [0.25, 0.3) is 0 Å². The zero-order valence-electron chi connectivity index (χ0n) is 12.5. The molecule has 0 radical (unpaired) electrons. The molecule has 0 heterocycles. The van der Waals surface area contributed by atoms with E-state index >= 15 is 0 Å². The molecule has 0 fully saturated rings. The first-order valence-corrected chi connectivity index (χ1v) is 7.14. The molecule has 1 amide bonds. The lowest BCUT2D eigenvalue weighted by atomic mass is 9.99. The van der Waals surface area contributed by atoms with Gasteiger partial charge >= 0.3 is 0 Å². The Morgan fingerprint density at radius 3 is 2.52 bits per heavy atom. The van der Waals surface area contributed by atoms with Gasteiger partial charge in [-0.05, 0) is 36.6 Å². The Hall–Kier alpha value is -2.13. The molecular formula is C18H21NO2. The minimum atomic E-state index is -0.106. The first-order chi connectivity index (χ1) is 10.1. The Morgan fingerprint density at radius 2 is 1.86 bits per heavy atom. The van der Waals surface area contributed by atoms with Crippen molar-refractivity contribution in [1.82, 2.24) is 0 Å². The van der Waals surface area contributed by atoms with Crippen LogP contribution >= 0.6 is 0 Å². The molecule has 1 atom stereocenters. The van der Waals surface area contributed by atoms with Crippen molar-refractivity contribution < 1.29 is 9.90 Å². The van der Waals surface area contributed by atoms with Gasteiger partial charge in [0.2, 0.25) is 5.91 Å². The Morgan fingerprint density at radius 1 is 1.14 bits per heavy atom. The molecule has 0 bridgehead atoms. The van der Waals surface area contributed by atoms with Crippen molar-refractivity contribution in [3.8, 4) is 0 Å². The molecule has 0 spiro atoms. The van der Waals surface area contributed by atoms with Gasteiger partial charge in [0.05, 0.1) is 6.61 Å². The molecule has 2 aromatic rings. The van der Waals surface area contributed by atoms with Gasteiger partial charge in [-0.1, -0.05) is 48.9 Å². The van der Waals surface area contributed by atoms with Crippen molar-refractivity contribution in [3.05, 3.63) is 65.2 Å². The van der Waals surface area contributed by atoms with E-state index in [1.807, 2.05) is 32.0 Å². The average Bonchev–Trinajstić information content (AvgIpc) is 2.49. The molecule has 0 aliphatic rings. The fourth-order valence-corrected chi connectivity index (χ4v) is 2.18. The van der Waals surface area contributed by atoms with Crippen LogP contribution in [0, 0.1) is 12.8 Å². The fourth-order valence-electron chi connectivity index (χ4n) is 2.18. The van der Waals surface area contributed by atoms with Crippen molar-refractivity contribution in [3.63, 3.8) is 0 Å². The second kappa shape index (κ2) is 7.04. The molecule has 1 unspecified atom stereocenters. The number of benzene rings is 2. The van der Waals surface area contributed by atoms with Gasteiger partial charge in [0.15, 0.2) is 0 Å². The topological polar surface area (TPSA) is 49.3 Å². The Labute approximate surface area is 125 Å². The first kappa shape index (κ1) is 15.3. The number of carbonyl (C=O) groups excluding carboxylic acids is 1. The highest BCUT2D eigenvalue weighted by Gasteiger charge is 2.13. The van der Waals surface area contributed by atoms with Crippen LogP contribution in [0.3, 0.4) is 0 Å². The van der Waals surface area contributed by atoms with Gasteiger partial charge in [0, 0.05) is 11.6 Å². The summed E-state index contributed by atoms with van der Waals surface area (Å²) in [5, 5.41) is 12.0. The summed E-state index contributed by atoms with van der Waals surface area (Å²) in [7, 11) is 0. The van der Waals surface area contributed by atoms with Crippen LogP contribution in [-0.4, -0.2) is 11.0 Å². The second-order valence-electron chi connectivity index (χ2n) is 5.44. The molecule has 2 aromatic carbocycles. The third-order valence-electron chi connectivity index (χ3n) is 3.49. The number of hydrogen-bond acceptors (Lipinski definition) is 2. The molecular weight excluding hydrogens is 262 g/mol. The number of amides is 1. The predicted molar refractivity (Wildman–Crippen MR) is 85.0 cm³/mol. The second-order valence-corrected chi connectivity index (χ2v) is 5.44. The summed E-state index contributed by atoms with van der Waals surface area (Å²) in [5.41, 5.74) is 3.89. The van der Waals surface area contributed by atoms with Crippen LogP contribution in [0.2, 0.25) is 0 Å². The summed E-state index contributed by atoms with van der Waals surface area (Å²) in [6.45, 7) is 3.95. The standard InChI is InChI=1S/C18H21NO2/c1-13-6-8-15(9-7-13)10-14(2)18(21)19-17-5-3-4-16(11-17)12-20/h3-9,11,14,20H,10,12H2,1-2H3,(H,19,21). The molecule has 110 valence electrons. The summed E-state index contributed by atoms with van der Waals surface area (Å²) in [4.78, 5) is 12.2. The Bertz CT molecular complexity index is 605. The largest absolute Gasteiger partial charge is 0.392 e. The lowest BCUT2D eigenvalue weighted by Crippen LogP contribution is -2.22. The van der Waals surface area contributed by atoms with Crippen LogP contribution in [0.4, 0.5) is 5.69 Å². The van der Waals surface area contributed by atoms with Gasteiger partial charge in [-0.2, -0.15) is 0 Å². The number of nitrogens with one attached hydrogen (secondary N) is 1. The average molecular weight is 283 g/mol. The van der Waals surface area contributed by atoms with Gasteiger partial charge in [-0.3, -0.25) is 4.79 Å². The zero-order valence-corrected chi connectivity index (χ0v) is 12.5. The SMILES string of the molecule is Cc1ccc(CC(C)C(=O)Nc2cccc(CO)c2)cc1. The highest BCUT2D eigenvalue weighted by molar-refractivity contribution is 5.92. The molecule has 2 N–H and O–H groups in total. The van der Waals surface area contributed by atoms with E-state index in [-0.39, 0.29) is 18.4 Å². The zero-order chi connectivity index (χ0) is 15.2. The maximum Gasteiger partial charge on any atom is 0.227 e. The summed E-state index contributed by atoms with van der Waals surface area (Å²) in [5.74, 6) is -0.115. The fraction of sp³-hybridized carbons (Fsp3) is 0.278. The van der Waals surface area contributed by atoms with E-state index in [9.17, 15) is 4.79 Å². The van der Waals surface area contributed by atoms with Gasteiger partial charge in [-0.15, -0.1) is 0 Å². The van der Waals surface area contributed by atoms with Crippen LogP contribution < -0.4 is 5.32 Å². The summed E-state index contributed by atoms with van der Waals surface area (Å²) < 4.78 is 0. The normalized spacial score (nSPS) is 12.0. The van der Waals surface area contributed by atoms with Crippen LogP contribution in [0.15, 0.2) is 48.5 Å². The van der Waals surface area contributed by atoms with E-state index in [0.29, 0.717) is 6.42 Å². The van der Waals surface area contributed by atoms with Gasteiger partial charge in [0.1, 0.15) is 0 Å².